The van der Waals surface area contributed by atoms with Crippen LogP contribution >= 0.6 is 0 Å². The van der Waals surface area contributed by atoms with Crippen LogP contribution in [0.4, 0.5) is 0 Å². The molecule has 0 spiro atoms. The lowest BCUT2D eigenvalue weighted by Gasteiger charge is -2.37. The van der Waals surface area contributed by atoms with Gasteiger partial charge in [0.2, 0.25) is 0 Å². The van der Waals surface area contributed by atoms with E-state index in [0.29, 0.717) is 13.2 Å². The second-order valence-corrected chi connectivity index (χ2v) is 7.68. The molecule has 150 valence electrons. The van der Waals surface area contributed by atoms with Crippen molar-refractivity contribution in [2.45, 2.75) is 51.7 Å². The molecule has 1 saturated heterocycles. The third-order valence-corrected chi connectivity index (χ3v) is 5.57. The highest BCUT2D eigenvalue weighted by molar-refractivity contribution is 5.70. The molecule has 1 aliphatic rings. The molecule has 0 bridgehead atoms. The summed E-state index contributed by atoms with van der Waals surface area (Å²) in [5.41, 5.74) is 2.38. The van der Waals surface area contributed by atoms with E-state index in [0.717, 1.165) is 50.0 Å². The van der Waals surface area contributed by atoms with Crippen molar-refractivity contribution in [3.05, 3.63) is 65.7 Å². The fraction of sp³-hybridized carbons (Fsp3) is 0.458. The summed E-state index contributed by atoms with van der Waals surface area (Å²) in [7, 11) is 0. The number of hydrogen-bond donors (Lipinski definition) is 1. The second-order valence-electron chi connectivity index (χ2n) is 7.68. The van der Waals surface area contributed by atoms with E-state index in [2.05, 4.69) is 36.1 Å². The van der Waals surface area contributed by atoms with Crippen molar-refractivity contribution in [1.29, 1.82) is 0 Å². The Morgan fingerprint density at radius 2 is 2.04 bits per heavy atom. The Balaban J connectivity index is 1.73. The summed E-state index contributed by atoms with van der Waals surface area (Å²) in [5.74, 6) is -0.0519. The number of nitrogens with zero attached hydrogens (tertiary/aromatic N) is 1. The third-order valence-electron chi connectivity index (χ3n) is 5.57. The van der Waals surface area contributed by atoms with E-state index >= 15 is 0 Å². The monoisotopic (exact) mass is 381 g/mol. The number of unbranched alkanes of at least 4 members (excludes halogenated alkanes) is 1. The molecule has 2 atom stereocenters. The number of carboxylic acid groups (broad SMARTS) is 1. The van der Waals surface area contributed by atoms with Crippen LogP contribution < -0.4 is 4.74 Å². The van der Waals surface area contributed by atoms with Gasteiger partial charge in [-0.2, -0.15) is 0 Å². The summed E-state index contributed by atoms with van der Waals surface area (Å²) >= 11 is 0. The van der Waals surface area contributed by atoms with Crippen molar-refractivity contribution < 1.29 is 14.6 Å². The molecule has 1 N–H and O–H groups in total. The Labute approximate surface area is 168 Å². The molecule has 4 heteroatoms. The molecule has 4 nitrogen and oxygen atoms in total. The maximum Gasteiger partial charge on any atom is 0.307 e. The first kappa shape index (κ1) is 20.4. The van der Waals surface area contributed by atoms with E-state index in [1.54, 1.807) is 0 Å². The predicted molar refractivity (Wildman–Crippen MR) is 111 cm³/mol. The first-order valence-electron chi connectivity index (χ1n) is 10.4. The number of hydrogen-bond acceptors (Lipinski definition) is 3. The average molecular weight is 382 g/mol. The molecule has 2 aromatic carbocycles. The predicted octanol–water partition coefficient (Wildman–Crippen LogP) is 5.29. The Morgan fingerprint density at radius 3 is 2.79 bits per heavy atom. The number of carboxylic acids is 1. The van der Waals surface area contributed by atoms with Gasteiger partial charge in [0.15, 0.2) is 0 Å². The molecule has 2 unspecified atom stereocenters. The topological polar surface area (TPSA) is 49.8 Å². The van der Waals surface area contributed by atoms with Crippen molar-refractivity contribution >= 4 is 5.97 Å². The molecule has 0 saturated carbocycles. The molecule has 0 aromatic heterocycles. The minimum absolute atomic E-state index is 0.252. The van der Waals surface area contributed by atoms with E-state index in [1.807, 2.05) is 30.3 Å². The van der Waals surface area contributed by atoms with Gasteiger partial charge in [0.1, 0.15) is 12.4 Å². The molecule has 1 fully saturated rings. The highest BCUT2D eigenvalue weighted by Crippen LogP contribution is 2.32. The smallest absolute Gasteiger partial charge is 0.307 e. The number of carbonyl (C=O) groups is 1. The maximum atomic E-state index is 11.5. The van der Waals surface area contributed by atoms with E-state index in [9.17, 15) is 9.90 Å². The zero-order valence-corrected chi connectivity index (χ0v) is 16.7. The van der Waals surface area contributed by atoms with Crippen LogP contribution in [0, 0.1) is 5.92 Å². The quantitative estimate of drug-likeness (QED) is 0.641. The van der Waals surface area contributed by atoms with Crippen molar-refractivity contribution in [2.24, 2.45) is 5.92 Å². The van der Waals surface area contributed by atoms with Gasteiger partial charge in [0.05, 0.1) is 5.92 Å². The third kappa shape index (κ3) is 5.59. The van der Waals surface area contributed by atoms with Crippen LogP contribution in [-0.2, 0) is 11.4 Å². The minimum atomic E-state index is -0.668. The minimum Gasteiger partial charge on any atom is -0.489 e. The van der Waals surface area contributed by atoms with Gasteiger partial charge in [-0.25, -0.2) is 0 Å². The van der Waals surface area contributed by atoms with Gasteiger partial charge < -0.3 is 9.84 Å². The number of likely N-dealkylation sites (tertiary alicyclic amines) is 1. The summed E-state index contributed by atoms with van der Waals surface area (Å²) < 4.78 is 6.02. The molecule has 0 amide bonds. The standard InChI is InChI=1S/C24H31NO3/c1-2-3-14-23(25-15-8-12-21(17-25)24(26)27)20-11-7-13-22(16-20)28-18-19-9-5-4-6-10-19/h4-7,9-11,13,16,21,23H,2-3,8,12,14-15,17-18H2,1H3,(H,26,27). The number of benzene rings is 2. The van der Waals surface area contributed by atoms with Gasteiger partial charge >= 0.3 is 5.97 Å². The number of piperidine rings is 1. The van der Waals surface area contributed by atoms with Crippen LogP contribution in [0.25, 0.3) is 0 Å². The maximum absolute atomic E-state index is 11.5. The Morgan fingerprint density at radius 1 is 1.21 bits per heavy atom. The van der Waals surface area contributed by atoms with Crippen molar-refractivity contribution in [3.63, 3.8) is 0 Å². The van der Waals surface area contributed by atoms with Crippen LogP contribution in [0.15, 0.2) is 54.6 Å². The molecular weight excluding hydrogens is 350 g/mol. The molecule has 0 aliphatic carbocycles. The highest BCUT2D eigenvalue weighted by atomic mass is 16.5. The summed E-state index contributed by atoms with van der Waals surface area (Å²) in [6.45, 7) is 4.35. The normalized spacial score (nSPS) is 18.5. The molecular formula is C24H31NO3. The van der Waals surface area contributed by atoms with Gasteiger partial charge in [-0.3, -0.25) is 9.69 Å². The van der Waals surface area contributed by atoms with Gasteiger partial charge in [-0.15, -0.1) is 0 Å². The van der Waals surface area contributed by atoms with E-state index in [-0.39, 0.29) is 12.0 Å². The van der Waals surface area contributed by atoms with Gasteiger partial charge in [0, 0.05) is 12.6 Å². The Hall–Kier alpha value is -2.33. The second kappa shape index (κ2) is 10.3. The number of aliphatic carboxylic acids is 1. The van der Waals surface area contributed by atoms with Gasteiger partial charge in [0.25, 0.3) is 0 Å². The van der Waals surface area contributed by atoms with Crippen molar-refractivity contribution in [3.8, 4) is 5.75 Å². The first-order valence-corrected chi connectivity index (χ1v) is 10.4. The summed E-state index contributed by atoms with van der Waals surface area (Å²) in [6.07, 6.45) is 5.05. The number of rotatable bonds is 9. The van der Waals surface area contributed by atoms with Crippen LogP contribution in [0.5, 0.6) is 5.75 Å². The summed E-state index contributed by atoms with van der Waals surface area (Å²) in [5, 5.41) is 9.46. The molecule has 2 aromatic rings. The largest absolute Gasteiger partial charge is 0.489 e. The fourth-order valence-electron chi connectivity index (χ4n) is 4.00. The van der Waals surface area contributed by atoms with Crippen molar-refractivity contribution in [2.75, 3.05) is 13.1 Å². The lowest BCUT2D eigenvalue weighted by atomic mass is 9.92. The van der Waals surface area contributed by atoms with Gasteiger partial charge in [-0.05, 0) is 49.1 Å². The zero-order valence-electron chi connectivity index (χ0n) is 16.7. The Bertz CT molecular complexity index is 747. The van der Waals surface area contributed by atoms with Crippen LogP contribution in [-0.4, -0.2) is 29.1 Å². The fourth-order valence-corrected chi connectivity index (χ4v) is 4.00. The van der Waals surface area contributed by atoms with Gasteiger partial charge in [-0.1, -0.05) is 62.2 Å². The Kier molecular flexibility index (Phi) is 7.49. The number of ether oxygens (including phenoxy) is 1. The molecule has 3 rings (SSSR count). The van der Waals surface area contributed by atoms with Crippen molar-refractivity contribution in [1.82, 2.24) is 4.90 Å². The van der Waals surface area contributed by atoms with Crippen LogP contribution in [0.2, 0.25) is 0 Å². The lowest BCUT2D eigenvalue weighted by molar-refractivity contribution is -0.144. The van der Waals surface area contributed by atoms with Crippen LogP contribution in [0.3, 0.4) is 0 Å². The first-order chi connectivity index (χ1) is 13.7. The van der Waals surface area contributed by atoms with Crippen LogP contribution in [0.1, 0.15) is 56.2 Å². The average Bonchev–Trinajstić information content (AvgIpc) is 2.74. The lowest BCUT2D eigenvalue weighted by Crippen LogP contribution is -2.40. The van der Waals surface area contributed by atoms with E-state index in [1.165, 1.54) is 5.56 Å². The van der Waals surface area contributed by atoms with E-state index in [4.69, 9.17) is 4.74 Å². The molecule has 28 heavy (non-hydrogen) atoms. The zero-order chi connectivity index (χ0) is 19.8. The molecule has 1 aliphatic heterocycles. The summed E-state index contributed by atoms with van der Waals surface area (Å²) in [6, 6.07) is 18.8. The SMILES string of the molecule is CCCCC(c1cccc(OCc2ccccc2)c1)N1CCCC(C(=O)O)C1. The summed E-state index contributed by atoms with van der Waals surface area (Å²) in [4.78, 5) is 13.9. The molecule has 0 radical (unpaired) electrons. The van der Waals surface area contributed by atoms with E-state index < -0.39 is 5.97 Å². The molecule has 1 heterocycles. The highest BCUT2D eigenvalue weighted by Gasteiger charge is 2.30.